The fourth-order valence-corrected chi connectivity index (χ4v) is 2.67. The molecule has 132 valence electrons. The van der Waals surface area contributed by atoms with Crippen molar-refractivity contribution in [1.29, 1.82) is 0 Å². The van der Waals surface area contributed by atoms with E-state index in [9.17, 15) is 0 Å². The lowest BCUT2D eigenvalue weighted by molar-refractivity contribution is 0.429. The summed E-state index contributed by atoms with van der Waals surface area (Å²) in [6.07, 6.45) is 0. The van der Waals surface area contributed by atoms with Crippen molar-refractivity contribution in [2.24, 2.45) is 5.10 Å². The third-order valence-corrected chi connectivity index (χ3v) is 4.14. The summed E-state index contributed by atoms with van der Waals surface area (Å²) >= 11 is 0. The molecule has 4 aromatic rings. The van der Waals surface area contributed by atoms with E-state index in [4.69, 9.17) is 4.52 Å². The van der Waals surface area contributed by atoms with Crippen LogP contribution in [0.2, 0.25) is 0 Å². The van der Waals surface area contributed by atoms with Crippen LogP contribution in [0, 0.1) is 6.92 Å². The third-order valence-electron chi connectivity index (χ3n) is 4.14. The molecule has 0 fully saturated rings. The first-order valence-corrected chi connectivity index (χ1v) is 8.65. The monoisotopic (exact) mass is 354 g/mol. The van der Waals surface area contributed by atoms with Crippen LogP contribution in [0.5, 0.6) is 0 Å². The summed E-state index contributed by atoms with van der Waals surface area (Å²) in [6, 6.07) is 27.5. The van der Waals surface area contributed by atoms with Gasteiger partial charge in [-0.05, 0) is 30.7 Å². The van der Waals surface area contributed by atoms with Crippen molar-refractivity contribution >= 4 is 11.4 Å². The number of anilines is 1. The van der Waals surface area contributed by atoms with Crippen molar-refractivity contribution in [3.05, 3.63) is 102 Å². The van der Waals surface area contributed by atoms with Crippen LogP contribution in [-0.2, 0) is 0 Å². The lowest BCUT2D eigenvalue weighted by atomic mass is 10.1. The molecule has 3 aromatic carbocycles. The van der Waals surface area contributed by atoms with Gasteiger partial charge in [0, 0.05) is 11.1 Å². The van der Waals surface area contributed by atoms with Crippen LogP contribution in [0.25, 0.3) is 11.5 Å². The van der Waals surface area contributed by atoms with E-state index in [0.29, 0.717) is 17.4 Å². The normalized spacial score (nSPS) is 11.4. The lowest BCUT2D eigenvalue weighted by Gasteiger charge is -2.07. The highest BCUT2D eigenvalue weighted by atomic mass is 16.5. The SMILES string of the molecule is Cc1ccccc1N/N=C(\c1ccccc1)c1noc(-c2ccccc2)n1. The topological polar surface area (TPSA) is 63.3 Å². The summed E-state index contributed by atoms with van der Waals surface area (Å²) in [5.41, 5.74) is 7.55. The molecule has 0 amide bonds. The predicted octanol–water partition coefficient (Wildman–Crippen LogP) is 4.91. The van der Waals surface area contributed by atoms with Gasteiger partial charge in [-0.1, -0.05) is 71.9 Å². The zero-order valence-corrected chi connectivity index (χ0v) is 14.8. The third kappa shape index (κ3) is 3.77. The summed E-state index contributed by atoms with van der Waals surface area (Å²) in [6.45, 7) is 2.03. The molecule has 1 aromatic heterocycles. The smallest absolute Gasteiger partial charge is 0.258 e. The second-order valence-corrected chi connectivity index (χ2v) is 6.04. The van der Waals surface area contributed by atoms with Crippen LogP contribution in [0.4, 0.5) is 5.69 Å². The number of para-hydroxylation sites is 1. The predicted molar refractivity (Wildman–Crippen MR) is 107 cm³/mol. The number of benzene rings is 3. The van der Waals surface area contributed by atoms with Gasteiger partial charge in [-0.25, -0.2) is 0 Å². The first-order chi connectivity index (χ1) is 13.3. The van der Waals surface area contributed by atoms with Gasteiger partial charge in [0.15, 0.2) is 0 Å². The molecule has 0 aliphatic rings. The van der Waals surface area contributed by atoms with E-state index >= 15 is 0 Å². The summed E-state index contributed by atoms with van der Waals surface area (Å²) in [4.78, 5) is 4.54. The van der Waals surface area contributed by atoms with Crippen molar-refractivity contribution in [2.45, 2.75) is 6.92 Å². The molecule has 5 heteroatoms. The van der Waals surface area contributed by atoms with Crippen molar-refractivity contribution in [3.63, 3.8) is 0 Å². The van der Waals surface area contributed by atoms with Gasteiger partial charge in [-0.3, -0.25) is 5.43 Å². The Labute approximate surface area is 157 Å². The van der Waals surface area contributed by atoms with E-state index in [2.05, 4.69) is 20.7 Å². The average molecular weight is 354 g/mol. The van der Waals surface area contributed by atoms with Crippen LogP contribution < -0.4 is 5.43 Å². The molecular weight excluding hydrogens is 336 g/mol. The molecule has 0 aliphatic heterocycles. The molecule has 27 heavy (non-hydrogen) atoms. The standard InChI is InChI=1S/C22H18N4O/c1-16-10-8-9-15-19(16)24-25-20(17-11-4-2-5-12-17)21-23-22(27-26-21)18-13-6-3-7-14-18/h2-15,24H,1H3/b25-20+. The summed E-state index contributed by atoms with van der Waals surface area (Å²) in [5.74, 6) is 0.895. The molecule has 0 spiro atoms. The van der Waals surface area contributed by atoms with Crippen molar-refractivity contribution in [2.75, 3.05) is 5.43 Å². The molecule has 5 nitrogen and oxygen atoms in total. The fourth-order valence-electron chi connectivity index (χ4n) is 2.67. The molecular formula is C22H18N4O. The van der Waals surface area contributed by atoms with E-state index in [1.165, 1.54) is 0 Å². The Morgan fingerprint density at radius 3 is 2.26 bits per heavy atom. The van der Waals surface area contributed by atoms with Crippen molar-refractivity contribution < 1.29 is 4.52 Å². The van der Waals surface area contributed by atoms with Gasteiger partial charge in [-0.15, -0.1) is 0 Å². The molecule has 0 unspecified atom stereocenters. The lowest BCUT2D eigenvalue weighted by Crippen LogP contribution is -2.09. The molecule has 0 saturated heterocycles. The maximum absolute atomic E-state index is 5.46. The Morgan fingerprint density at radius 1 is 0.852 bits per heavy atom. The van der Waals surface area contributed by atoms with Gasteiger partial charge in [0.2, 0.25) is 5.82 Å². The molecule has 1 heterocycles. The van der Waals surface area contributed by atoms with Gasteiger partial charge in [0.05, 0.1) is 5.69 Å². The molecule has 0 saturated carbocycles. The maximum Gasteiger partial charge on any atom is 0.258 e. The number of rotatable bonds is 5. The largest absolute Gasteiger partial charge is 0.334 e. The highest BCUT2D eigenvalue weighted by molar-refractivity contribution is 6.10. The van der Waals surface area contributed by atoms with Crippen LogP contribution in [0.3, 0.4) is 0 Å². The van der Waals surface area contributed by atoms with Crippen molar-refractivity contribution in [1.82, 2.24) is 10.1 Å². The van der Waals surface area contributed by atoms with Gasteiger partial charge < -0.3 is 4.52 Å². The zero-order valence-electron chi connectivity index (χ0n) is 14.8. The second kappa shape index (κ2) is 7.66. The van der Waals surface area contributed by atoms with Crippen LogP contribution in [0.15, 0.2) is 94.6 Å². The first kappa shape index (κ1) is 16.7. The fraction of sp³-hybridized carbons (Fsp3) is 0.0455. The Morgan fingerprint density at radius 2 is 1.52 bits per heavy atom. The number of aryl methyl sites for hydroxylation is 1. The number of hydrazone groups is 1. The number of aromatic nitrogens is 2. The Hall–Kier alpha value is -3.73. The minimum atomic E-state index is 0.432. The summed E-state index contributed by atoms with van der Waals surface area (Å²) < 4.78 is 5.46. The number of nitrogens with zero attached hydrogens (tertiary/aromatic N) is 3. The minimum absolute atomic E-state index is 0.432. The highest BCUT2D eigenvalue weighted by Crippen LogP contribution is 2.19. The number of nitrogens with one attached hydrogen (secondary N) is 1. The average Bonchev–Trinajstić information content (AvgIpc) is 3.21. The Balaban J connectivity index is 1.72. The van der Waals surface area contributed by atoms with Gasteiger partial charge in [-0.2, -0.15) is 10.1 Å². The van der Waals surface area contributed by atoms with E-state index in [1.807, 2.05) is 91.9 Å². The van der Waals surface area contributed by atoms with Gasteiger partial charge in [0.1, 0.15) is 5.71 Å². The van der Waals surface area contributed by atoms with E-state index < -0.39 is 0 Å². The molecule has 1 N–H and O–H groups in total. The number of hydrogen-bond donors (Lipinski definition) is 1. The Bertz CT molecular complexity index is 1060. The van der Waals surface area contributed by atoms with Gasteiger partial charge in [0.25, 0.3) is 5.89 Å². The quantitative estimate of drug-likeness (QED) is 0.408. The van der Waals surface area contributed by atoms with Crippen molar-refractivity contribution in [3.8, 4) is 11.5 Å². The summed E-state index contributed by atoms with van der Waals surface area (Å²) in [7, 11) is 0. The molecule has 0 bridgehead atoms. The van der Waals surface area contributed by atoms with Crippen LogP contribution in [0.1, 0.15) is 17.0 Å². The second-order valence-electron chi connectivity index (χ2n) is 6.04. The van der Waals surface area contributed by atoms with Crippen LogP contribution in [-0.4, -0.2) is 15.9 Å². The molecule has 0 radical (unpaired) electrons. The van der Waals surface area contributed by atoms with E-state index in [0.717, 1.165) is 22.4 Å². The van der Waals surface area contributed by atoms with Gasteiger partial charge >= 0.3 is 0 Å². The molecule has 0 atom stereocenters. The number of hydrogen-bond acceptors (Lipinski definition) is 5. The molecule has 4 rings (SSSR count). The Kier molecular flexibility index (Phi) is 4.74. The molecule has 0 aliphatic carbocycles. The zero-order chi connectivity index (χ0) is 18.5. The maximum atomic E-state index is 5.46. The first-order valence-electron chi connectivity index (χ1n) is 8.65. The highest BCUT2D eigenvalue weighted by Gasteiger charge is 2.16. The van der Waals surface area contributed by atoms with Crippen LogP contribution >= 0.6 is 0 Å². The summed E-state index contributed by atoms with van der Waals surface area (Å²) in [5, 5.41) is 8.73. The van der Waals surface area contributed by atoms with E-state index in [-0.39, 0.29) is 0 Å². The van der Waals surface area contributed by atoms with E-state index in [1.54, 1.807) is 0 Å². The minimum Gasteiger partial charge on any atom is -0.334 e.